The van der Waals surface area contributed by atoms with Crippen LogP contribution in [0.2, 0.25) is 0 Å². The Hall–Kier alpha value is -1.73. The van der Waals surface area contributed by atoms with Gasteiger partial charge >= 0.3 is 0 Å². The van der Waals surface area contributed by atoms with Gasteiger partial charge in [0, 0.05) is 31.1 Å². The number of fused-ring (bicyclic) bond motifs is 1. The number of hydrogen-bond acceptors (Lipinski definition) is 6. The smallest absolute Gasteiger partial charge is 0.233 e. The number of likely N-dealkylation sites (N-methyl/N-ethyl adjacent to an activating group) is 1. The van der Waals surface area contributed by atoms with E-state index in [1.54, 1.807) is 24.7 Å². The lowest BCUT2D eigenvalue weighted by atomic mass is 10.0. The number of anilines is 1. The second kappa shape index (κ2) is 7.23. The topological polar surface area (TPSA) is 70.2 Å². The van der Waals surface area contributed by atoms with E-state index in [0.717, 1.165) is 48.4 Å². The molecule has 2 N–H and O–H groups in total. The van der Waals surface area contributed by atoms with Crippen molar-refractivity contribution in [3.05, 3.63) is 17.3 Å². The third-order valence-electron chi connectivity index (χ3n) is 4.30. The van der Waals surface area contributed by atoms with Crippen LogP contribution in [0.4, 0.5) is 5.82 Å². The van der Waals surface area contributed by atoms with Crippen molar-refractivity contribution in [3.63, 3.8) is 0 Å². The maximum absolute atomic E-state index is 11.4. The molecular formula is C16H23N5OS. The largest absolute Gasteiger partial charge is 0.367 e. The summed E-state index contributed by atoms with van der Waals surface area (Å²) in [5.74, 6) is 1.02. The molecule has 1 fully saturated rings. The van der Waals surface area contributed by atoms with Gasteiger partial charge in [-0.1, -0.05) is 6.92 Å². The Morgan fingerprint density at radius 3 is 2.87 bits per heavy atom. The summed E-state index contributed by atoms with van der Waals surface area (Å²) in [6, 6.07) is 2.60. The number of rotatable bonds is 5. The molecule has 6 nitrogen and oxygen atoms in total. The number of piperidine rings is 1. The highest BCUT2D eigenvalue weighted by atomic mass is 32.1. The summed E-state index contributed by atoms with van der Waals surface area (Å²) in [6.45, 7) is 4.52. The van der Waals surface area contributed by atoms with Crippen LogP contribution in [-0.2, 0) is 11.2 Å². The van der Waals surface area contributed by atoms with Crippen LogP contribution >= 0.6 is 11.3 Å². The first-order valence-corrected chi connectivity index (χ1v) is 8.94. The zero-order valence-electron chi connectivity index (χ0n) is 13.6. The minimum absolute atomic E-state index is 0.0827. The maximum Gasteiger partial charge on any atom is 0.233 e. The lowest BCUT2D eigenvalue weighted by molar-refractivity contribution is -0.122. The first kappa shape index (κ1) is 16.1. The lowest BCUT2D eigenvalue weighted by Gasteiger charge is -2.32. The monoisotopic (exact) mass is 333 g/mol. The average Bonchev–Trinajstić information content (AvgIpc) is 3.01. The molecule has 124 valence electrons. The second-order valence-corrected chi connectivity index (χ2v) is 6.99. The van der Waals surface area contributed by atoms with Crippen LogP contribution in [0, 0.1) is 0 Å². The van der Waals surface area contributed by atoms with E-state index in [1.807, 2.05) is 0 Å². The highest BCUT2D eigenvalue weighted by Crippen LogP contribution is 2.29. The molecule has 0 atom stereocenters. The zero-order chi connectivity index (χ0) is 16.2. The SMILES string of the molecule is CCc1cc2c(NC3CCN(CC(=O)NC)CC3)ncnc2s1. The van der Waals surface area contributed by atoms with Gasteiger partial charge in [-0.05, 0) is 25.3 Å². The predicted octanol–water partition coefficient (Wildman–Crippen LogP) is 1.88. The van der Waals surface area contributed by atoms with Crippen LogP contribution in [0.25, 0.3) is 10.2 Å². The van der Waals surface area contributed by atoms with E-state index in [1.165, 1.54) is 4.88 Å². The summed E-state index contributed by atoms with van der Waals surface area (Å²) >= 11 is 1.74. The van der Waals surface area contributed by atoms with Gasteiger partial charge in [0.05, 0.1) is 11.9 Å². The fraction of sp³-hybridized carbons (Fsp3) is 0.562. The third-order valence-corrected chi connectivity index (χ3v) is 5.49. The molecule has 0 aromatic carbocycles. The molecule has 1 saturated heterocycles. The lowest BCUT2D eigenvalue weighted by Crippen LogP contribution is -2.43. The Morgan fingerprint density at radius 2 is 2.17 bits per heavy atom. The van der Waals surface area contributed by atoms with Gasteiger partial charge in [0.25, 0.3) is 0 Å². The van der Waals surface area contributed by atoms with E-state index in [4.69, 9.17) is 0 Å². The molecule has 0 spiro atoms. The highest BCUT2D eigenvalue weighted by Gasteiger charge is 2.21. The number of likely N-dealkylation sites (tertiary alicyclic amines) is 1. The molecule has 3 heterocycles. The molecule has 0 saturated carbocycles. The summed E-state index contributed by atoms with van der Waals surface area (Å²) in [5, 5.41) is 7.38. The third kappa shape index (κ3) is 3.79. The first-order chi connectivity index (χ1) is 11.2. The van der Waals surface area contributed by atoms with Gasteiger partial charge in [0.2, 0.25) is 5.91 Å². The summed E-state index contributed by atoms with van der Waals surface area (Å²) in [4.78, 5) is 24.8. The van der Waals surface area contributed by atoms with Crippen molar-refractivity contribution in [2.45, 2.75) is 32.2 Å². The number of nitrogens with one attached hydrogen (secondary N) is 2. The van der Waals surface area contributed by atoms with E-state index in [2.05, 4.69) is 38.5 Å². The molecule has 7 heteroatoms. The normalized spacial score (nSPS) is 16.6. The van der Waals surface area contributed by atoms with Gasteiger partial charge in [-0.2, -0.15) is 0 Å². The quantitative estimate of drug-likeness (QED) is 0.874. The van der Waals surface area contributed by atoms with Crippen LogP contribution in [0.1, 0.15) is 24.6 Å². The standard InChI is InChI=1S/C16H23N5OS/c1-3-12-8-13-15(18-10-19-16(13)23-12)20-11-4-6-21(7-5-11)9-14(22)17-2/h8,10-11H,3-7,9H2,1-2H3,(H,17,22)(H,18,19,20). The van der Waals surface area contributed by atoms with E-state index in [0.29, 0.717) is 12.6 Å². The Balaban J connectivity index is 1.63. The van der Waals surface area contributed by atoms with E-state index in [9.17, 15) is 4.79 Å². The Labute approximate surface area is 140 Å². The van der Waals surface area contributed by atoms with Crippen LogP contribution in [0.3, 0.4) is 0 Å². The molecule has 1 amide bonds. The summed E-state index contributed by atoms with van der Waals surface area (Å²) in [5.41, 5.74) is 0. The van der Waals surface area contributed by atoms with Crippen LogP contribution in [0.5, 0.6) is 0 Å². The van der Waals surface area contributed by atoms with Gasteiger partial charge in [-0.25, -0.2) is 9.97 Å². The molecular weight excluding hydrogens is 310 g/mol. The number of hydrogen-bond donors (Lipinski definition) is 2. The Bertz CT molecular complexity index is 678. The Kier molecular flexibility index (Phi) is 5.07. The predicted molar refractivity (Wildman–Crippen MR) is 93.9 cm³/mol. The number of carbonyl (C=O) groups is 1. The van der Waals surface area contributed by atoms with Gasteiger partial charge < -0.3 is 10.6 Å². The van der Waals surface area contributed by atoms with Crippen LogP contribution in [0.15, 0.2) is 12.4 Å². The number of nitrogens with zero attached hydrogens (tertiary/aromatic N) is 3. The number of amides is 1. The van der Waals surface area contributed by atoms with Gasteiger partial charge in [0.1, 0.15) is 17.0 Å². The first-order valence-electron chi connectivity index (χ1n) is 8.12. The number of aryl methyl sites for hydroxylation is 1. The van der Waals surface area contributed by atoms with Gasteiger partial charge in [-0.3, -0.25) is 9.69 Å². The molecule has 0 unspecified atom stereocenters. The Morgan fingerprint density at radius 1 is 1.39 bits per heavy atom. The van der Waals surface area contributed by atoms with E-state index >= 15 is 0 Å². The fourth-order valence-corrected chi connectivity index (χ4v) is 3.84. The van der Waals surface area contributed by atoms with Gasteiger partial charge in [0.15, 0.2) is 0 Å². The van der Waals surface area contributed by atoms with Crippen LogP contribution < -0.4 is 10.6 Å². The van der Waals surface area contributed by atoms with Crippen molar-refractivity contribution in [1.29, 1.82) is 0 Å². The highest BCUT2D eigenvalue weighted by molar-refractivity contribution is 7.18. The fourth-order valence-electron chi connectivity index (χ4n) is 2.91. The van der Waals surface area contributed by atoms with Crippen molar-refractivity contribution < 1.29 is 4.79 Å². The molecule has 2 aromatic rings. The summed E-state index contributed by atoms with van der Waals surface area (Å²) in [6.07, 6.45) is 4.71. The maximum atomic E-state index is 11.4. The van der Waals surface area contributed by atoms with Crippen molar-refractivity contribution in [2.24, 2.45) is 0 Å². The minimum atomic E-state index is 0.0827. The zero-order valence-corrected chi connectivity index (χ0v) is 14.4. The summed E-state index contributed by atoms with van der Waals surface area (Å²) in [7, 11) is 1.68. The van der Waals surface area contributed by atoms with Crippen molar-refractivity contribution >= 4 is 33.3 Å². The van der Waals surface area contributed by atoms with E-state index < -0.39 is 0 Å². The average molecular weight is 333 g/mol. The molecule has 0 bridgehead atoms. The molecule has 23 heavy (non-hydrogen) atoms. The minimum Gasteiger partial charge on any atom is -0.367 e. The number of aromatic nitrogens is 2. The van der Waals surface area contributed by atoms with Crippen molar-refractivity contribution in [2.75, 3.05) is 32.0 Å². The molecule has 1 aliphatic rings. The number of carbonyl (C=O) groups excluding carboxylic acids is 1. The number of thiophene rings is 1. The molecule has 0 aliphatic carbocycles. The molecule has 2 aromatic heterocycles. The van der Waals surface area contributed by atoms with Crippen molar-refractivity contribution in [1.82, 2.24) is 20.2 Å². The second-order valence-electron chi connectivity index (χ2n) is 5.88. The molecule has 3 rings (SSSR count). The van der Waals surface area contributed by atoms with E-state index in [-0.39, 0.29) is 5.91 Å². The van der Waals surface area contributed by atoms with Crippen LogP contribution in [-0.4, -0.2) is 53.5 Å². The molecule has 0 radical (unpaired) electrons. The van der Waals surface area contributed by atoms with Crippen molar-refractivity contribution in [3.8, 4) is 0 Å². The molecule has 1 aliphatic heterocycles. The van der Waals surface area contributed by atoms with Gasteiger partial charge in [-0.15, -0.1) is 11.3 Å². The summed E-state index contributed by atoms with van der Waals surface area (Å²) < 4.78 is 0.